The monoisotopic (exact) mass is 796 g/mol. The number of nitrogens with zero attached hydrogens (tertiary/aromatic N) is 6. The Bertz CT molecular complexity index is 2420. The molecule has 0 N–H and O–H groups in total. The number of fused-ring (bicyclic) bond motifs is 2. The van der Waals surface area contributed by atoms with Crippen molar-refractivity contribution in [3.63, 3.8) is 0 Å². The van der Waals surface area contributed by atoms with Crippen LogP contribution in [-0.4, -0.2) is 65.8 Å². The first kappa shape index (κ1) is 40.6. The minimum absolute atomic E-state index is 0.254. The molecule has 0 spiro atoms. The van der Waals surface area contributed by atoms with E-state index in [1.54, 1.807) is 12.4 Å². The summed E-state index contributed by atoms with van der Waals surface area (Å²) >= 11 is 0. The van der Waals surface area contributed by atoms with Gasteiger partial charge in [-0.3, -0.25) is 0 Å². The van der Waals surface area contributed by atoms with Crippen molar-refractivity contribution in [1.82, 2.24) is 23.3 Å². The molecule has 6 rings (SSSR count). The number of ether oxygens (including phenoxy) is 2. The third-order valence-electron chi connectivity index (χ3n) is 10.5. The molecule has 0 bridgehead atoms. The van der Waals surface area contributed by atoms with E-state index in [1.807, 2.05) is 74.0 Å². The fourth-order valence-corrected chi connectivity index (χ4v) is 10.4. The maximum absolute atomic E-state index is 15.0. The molecule has 2 aromatic carbocycles. The molecule has 3 aromatic heterocycles. The van der Waals surface area contributed by atoms with Gasteiger partial charge in [0, 0.05) is 59.1 Å². The second-order valence-electron chi connectivity index (χ2n) is 17.5. The molecule has 5 aromatic rings. The zero-order valence-electron chi connectivity index (χ0n) is 33.9. The van der Waals surface area contributed by atoms with E-state index in [0.29, 0.717) is 43.9 Å². The van der Waals surface area contributed by atoms with Crippen LogP contribution in [0.25, 0.3) is 33.2 Å². The van der Waals surface area contributed by atoms with Crippen LogP contribution in [0.15, 0.2) is 72.6 Å². The molecular formula is C42H56N6O4SSi2. The van der Waals surface area contributed by atoms with Crippen LogP contribution in [0.4, 0.5) is 0 Å². The lowest BCUT2D eigenvalue weighted by Crippen LogP contribution is -2.38. The van der Waals surface area contributed by atoms with Crippen LogP contribution in [0.3, 0.4) is 0 Å². The summed E-state index contributed by atoms with van der Waals surface area (Å²) in [5, 5.41) is 15.2. The predicted octanol–water partition coefficient (Wildman–Crippen LogP) is 9.48. The van der Waals surface area contributed by atoms with Gasteiger partial charge in [-0.2, -0.15) is 10.4 Å². The van der Waals surface area contributed by atoms with E-state index in [1.165, 1.54) is 3.97 Å². The highest BCUT2D eigenvalue weighted by Gasteiger charge is 2.41. The summed E-state index contributed by atoms with van der Waals surface area (Å²) in [5.74, 6) is 0.771. The van der Waals surface area contributed by atoms with Crippen molar-refractivity contribution in [2.75, 3.05) is 13.2 Å². The SMILES string of the molecule is CCC1=CC(C)(S(=O)(=O)n2cc(-c3ccnn3COCC[Si](C)(C)C)c3c(Cc4nc5cc(C#N)ccc5n4COCC[Si](C)(C)C)ccc(C)c32)CC=C1. The number of aromatic nitrogens is 5. The van der Waals surface area contributed by atoms with Gasteiger partial charge < -0.3 is 14.0 Å². The summed E-state index contributed by atoms with van der Waals surface area (Å²) in [5.41, 5.74) is 7.11. The van der Waals surface area contributed by atoms with Crippen molar-refractivity contribution in [1.29, 1.82) is 5.26 Å². The Labute approximate surface area is 328 Å². The molecule has 0 fully saturated rings. The Morgan fingerprint density at radius 2 is 1.69 bits per heavy atom. The highest BCUT2D eigenvalue weighted by atomic mass is 32.2. The standard InChI is InChI=1S/C42H56N6O4SSi2/c1-10-32-12-11-18-42(3,26-32)53(49,50)48-28-35(37-17-19-44-47(37)30-52-21-23-55(7,8)9)40-34(15-13-31(2)41(40)48)25-39-45-36-24-33(27-43)14-16-38(36)46(39)29-51-20-22-54(4,5)6/h11-17,19,24,26,28H,10,18,20-23,25,29-30H2,1-9H3. The summed E-state index contributed by atoms with van der Waals surface area (Å²) in [6.45, 7) is 21.7. The number of allylic oxidation sites excluding steroid dienone is 3. The zero-order chi connectivity index (χ0) is 39.8. The van der Waals surface area contributed by atoms with Crippen molar-refractivity contribution < 1.29 is 17.9 Å². The second-order valence-corrected chi connectivity index (χ2v) is 31.0. The van der Waals surface area contributed by atoms with Gasteiger partial charge in [0.2, 0.25) is 10.0 Å². The smallest absolute Gasteiger partial charge is 0.248 e. The van der Waals surface area contributed by atoms with Crippen LogP contribution in [0.1, 0.15) is 49.2 Å². The second kappa shape index (κ2) is 15.8. The molecule has 1 unspecified atom stereocenters. The highest BCUT2D eigenvalue weighted by Crippen LogP contribution is 2.41. The van der Waals surface area contributed by atoms with Crippen LogP contribution in [-0.2, 0) is 39.4 Å². The van der Waals surface area contributed by atoms with Crippen LogP contribution in [0.5, 0.6) is 0 Å². The topological polar surface area (TPSA) is 117 Å². The Kier molecular flexibility index (Phi) is 11.7. The van der Waals surface area contributed by atoms with Crippen LogP contribution in [0, 0.1) is 18.3 Å². The summed E-state index contributed by atoms with van der Waals surface area (Å²) in [7, 11) is -6.57. The molecule has 0 amide bonds. The Balaban J connectivity index is 1.52. The first-order valence-electron chi connectivity index (χ1n) is 19.3. The maximum Gasteiger partial charge on any atom is 0.248 e. The molecule has 0 saturated carbocycles. The highest BCUT2D eigenvalue weighted by molar-refractivity contribution is 7.91. The van der Waals surface area contributed by atoms with Gasteiger partial charge in [-0.05, 0) is 74.2 Å². The fourth-order valence-electron chi connectivity index (χ4n) is 7.09. The molecule has 1 aliphatic carbocycles. The van der Waals surface area contributed by atoms with Crippen molar-refractivity contribution in [2.24, 2.45) is 0 Å². The Morgan fingerprint density at radius 1 is 0.982 bits per heavy atom. The van der Waals surface area contributed by atoms with E-state index in [9.17, 15) is 5.26 Å². The van der Waals surface area contributed by atoms with Crippen LogP contribution in [0.2, 0.25) is 51.4 Å². The predicted molar refractivity (Wildman–Crippen MR) is 228 cm³/mol. The quantitative estimate of drug-likeness (QED) is 0.0722. The molecule has 3 heterocycles. The van der Waals surface area contributed by atoms with Gasteiger partial charge in [0.25, 0.3) is 0 Å². The molecule has 55 heavy (non-hydrogen) atoms. The minimum Gasteiger partial charge on any atom is -0.361 e. The number of imidazole rings is 1. The third-order valence-corrected chi connectivity index (χ3v) is 16.2. The van der Waals surface area contributed by atoms with Gasteiger partial charge in [-0.15, -0.1) is 0 Å². The summed E-state index contributed by atoms with van der Waals surface area (Å²) in [6.07, 6.45) is 11.0. The van der Waals surface area contributed by atoms with Gasteiger partial charge >= 0.3 is 0 Å². The first-order chi connectivity index (χ1) is 25.9. The maximum atomic E-state index is 15.0. The number of aryl methyl sites for hydroxylation is 1. The van der Waals surface area contributed by atoms with E-state index in [0.717, 1.165) is 68.7 Å². The van der Waals surface area contributed by atoms with E-state index >= 15 is 8.42 Å². The number of hydrogen-bond donors (Lipinski definition) is 0. The molecule has 0 aliphatic heterocycles. The molecule has 0 saturated heterocycles. The van der Waals surface area contributed by atoms with Gasteiger partial charge in [0.05, 0.1) is 33.9 Å². The third kappa shape index (κ3) is 8.69. The van der Waals surface area contributed by atoms with Gasteiger partial charge in [0.15, 0.2) is 0 Å². The number of nitriles is 1. The van der Waals surface area contributed by atoms with Gasteiger partial charge in [-0.25, -0.2) is 22.1 Å². The zero-order valence-corrected chi connectivity index (χ0v) is 36.8. The van der Waals surface area contributed by atoms with Crippen LogP contribution < -0.4 is 0 Å². The normalized spacial score (nSPS) is 16.6. The van der Waals surface area contributed by atoms with Gasteiger partial charge in [0.1, 0.15) is 24.0 Å². The lowest BCUT2D eigenvalue weighted by Gasteiger charge is -2.29. The Hall–Kier alpha value is -4.07. The summed E-state index contributed by atoms with van der Waals surface area (Å²) in [6, 6.07) is 15.9. The number of hydrogen-bond acceptors (Lipinski definition) is 7. The van der Waals surface area contributed by atoms with Crippen molar-refractivity contribution in [2.45, 2.75) is 110 Å². The molecular weight excluding hydrogens is 741 g/mol. The molecule has 13 heteroatoms. The van der Waals surface area contributed by atoms with E-state index in [2.05, 4.69) is 61.1 Å². The largest absolute Gasteiger partial charge is 0.361 e. The van der Waals surface area contributed by atoms with E-state index < -0.39 is 30.9 Å². The van der Waals surface area contributed by atoms with E-state index in [-0.39, 0.29) is 6.73 Å². The average molecular weight is 797 g/mol. The van der Waals surface area contributed by atoms with Crippen molar-refractivity contribution >= 4 is 48.1 Å². The Morgan fingerprint density at radius 3 is 2.36 bits per heavy atom. The lowest BCUT2D eigenvalue weighted by molar-refractivity contribution is 0.0798. The molecule has 0 radical (unpaired) electrons. The van der Waals surface area contributed by atoms with Crippen molar-refractivity contribution in [3.05, 3.63) is 95.1 Å². The van der Waals surface area contributed by atoms with Gasteiger partial charge in [-0.1, -0.05) is 82.1 Å². The minimum atomic E-state index is -3.96. The molecule has 1 atom stereocenters. The molecule has 292 valence electrons. The summed E-state index contributed by atoms with van der Waals surface area (Å²) < 4.78 is 46.8. The lowest BCUT2D eigenvalue weighted by atomic mass is 9.96. The van der Waals surface area contributed by atoms with E-state index in [4.69, 9.17) is 14.5 Å². The average Bonchev–Trinajstić information content (AvgIpc) is 3.84. The summed E-state index contributed by atoms with van der Waals surface area (Å²) in [4.78, 5) is 5.08. The fraction of sp³-hybridized carbons (Fsp3) is 0.452. The number of rotatable bonds is 16. The molecule has 1 aliphatic rings. The number of benzene rings is 2. The van der Waals surface area contributed by atoms with Crippen molar-refractivity contribution in [3.8, 4) is 17.3 Å². The van der Waals surface area contributed by atoms with Crippen LogP contribution >= 0.6 is 0 Å². The molecule has 10 nitrogen and oxygen atoms in total. The first-order valence-corrected chi connectivity index (χ1v) is 28.1.